The van der Waals surface area contributed by atoms with Crippen molar-refractivity contribution in [3.8, 4) is 0 Å². The van der Waals surface area contributed by atoms with Crippen LogP contribution in [0.4, 0.5) is 8.78 Å². The zero-order valence-corrected chi connectivity index (χ0v) is 11.4. The molecule has 10 heteroatoms. The van der Waals surface area contributed by atoms with Crippen LogP contribution in [-0.4, -0.2) is 48.8 Å². The Morgan fingerprint density at radius 3 is 2.71 bits per heavy atom. The lowest BCUT2D eigenvalue weighted by molar-refractivity contribution is -0.183. The van der Waals surface area contributed by atoms with Crippen LogP contribution in [0.3, 0.4) is 0 Å². The minimum Gasteiger partial charge on any atom is -0.458 e. The van der Waals surface area contributed by atoms with Gasteiger partial charge in [0, 0.05) is 11.8 Å². The summed E-state index contributed by atoms with van der Waals surface area (Å²) in [5.74, 6) is -9.44. The van der Waals surface area contributed by atoms with E-state index >= 15 is 0 Å². The van der Waals surface area contributed by atoms with Gasteiger partial charge in [-0.2, -0.15) is 17.2 Å². The van der Waals surface area contributed by atoms with Crippen molar-refractivity contribution in [3.05, 3.63) is 0 Å². The molecule has 21 heavy (non-hydrogen) atoms. The normalized spacial score (nSPS) is 37.7. The average molecular weight is 326 g/mol. The number of hydrogen-bond donors (Lipinski definition) is 1. The summed E-state index contributed by atoms with van der Waals surface area (Å²) in [6.07, 6.45) is -0.728. The molecule has 7 nitrogen and oxygen atoms in total. The fourth-order valence-corrected chi connectivity index (χ4v) is 4.14. The highest BCUT2D eigenvalue weighted by Gasteiger charge is 2.64. The number of esters is 2. The molecular formula is C11H12F2O7S. The minimum atomic E-state index is -5.03. The van der Waals surface area contributed by atoms with Gasteiger partial charge in [0.15, 0.2) is 5.75 Å². The Kier molecular flexibility index (Phi) is 3.04. The van der Waals surface area contributed by atoms with E-state index in [4.69, 9.17) is 14.0 Å². The summed E-state index contributed by atoms with van der Waals surface area (Å²) in [7, 11) is -5.03. The molecule has 5 unspecified atom stereocenters. The van der Waals surface area contributed by atoms with Crippen LogP contribution in [-0.2, 0) is 29.2 Å². The van der Waals surface area contributed by atoms with Gasteiger partial charge in [-0.3, -0.25) is 9.35 Å². The first-order valence-corrected chi connectivity index (χ1v) is 7.94. The SMILES string of the molecule is O=C1OC2C3CC(CC13)C2OC(=O)C(F)(F)CS(=O)(=O)O. The average Bonchev–Trinajstić information content (AvgIpc) is 2.90. The third kappa shape index (κ3) is 2.39. The maximum Gasteiger partial charge on any atom is 0.378 e. The lowest BCUT2D eigenvalue weighted by atomic mass is 9.88. The molecule has 2 saturated carbocycles. The van der Waals surface area contributed by atoms with Gasteiger partial charge in [0.2, 0.25) is 0 Å². The van der Waals surface area contributed by atoms with Crippen molar-refractivity contribution in [1.82, 2.24) is 0 Å². The van der Waals surface area contributed by atoms with E-state index in [2.05, 4.69) is 0 Å². The second kappa shape index (κ2) is 4.35. The highest BCUT2D eigenvalue weighted by atomic mass is 32.2. The van der Waals surface area contributed by atoms with Gasteiger partial charge >= 0.3 is 17.9 Å². The number of carbonyl (C=O) groups is 2. The number of halogens is 2. The van der Waals surface area contributed by atoms with Crippen molar-refractivity contribution < 1.29 is 40.8 Å². The van der Waals surface area contributed by atoms with E-state index in [1.54, 1.807) is 0 Å². The zero-order valence-electron chi connectivity index (χ0n) is 10.6. The van der Waals surface area contributed by atoms with Crippen LogP contribution in [0, 0.1) is 17.8 Å². The summed E-state index contributed by atoms with van der Waals surface area (Å²) < 4.78 is 65.9. The van der Waals surface area contributed by atoms with Crippen molar-refractivity contribution >= 4 is 22.1 Å². The van der Waals surface area contributed by atoms with Gasteiger partial charge in [0.05, 0.1) is 5.92 Å². The predicted molar refractivity (Wildman–Crippen MR) is 60.8 cm³/mol. The number of ether oxygens (including phenoxy) is 2. The first-order chi connectivity index (χ1) is 9.58. The van der Waals surface area contributed by atoms with Crippen molar-refractivity contribution in [2.45, 2.75) is 31.0 Å². The van der Waals surface area contributed by atoms with Crippen LogP contribution in [0.25, 0.3) is 0 Å². The molecule has 118 valence electrons. The van der Waals surface area contributed by atoms with Gasteiger partial charge in [-0.15, -0.1) is 0 Å². The molecule has 1 aliphatic heterocycles. The van der Waals surface area contributed by atoms with E-state index < -0.39 is 45.9 Å². The molecule has 0 aromatic heterocycles. The van der Waals surface area contributed by atoms with Crippen molar-refractivity contribution in [3.63, 3.8) is 0 Å². The molecule has 0 aromatic rings. The highest BCUT2D eigenvalue weighted by Crippen LogP contribution is 2.55. The number of hydrogen-bond acceptors (Lipinski definition) is 6. The molecule has 1 saturated heterocycles. The smallest absolute Gasteiger partial charge is 0.378 e. The van der Waals surface area contributed by atoms with E-state index in [0.29, 0.717) is 12.8 Å². The molecule has 1 heterocycles. The first kappa shape index (κ1) is 14.6. The molecule has 2 bridgehead atoms. The summed E-state index contributed by atoms with van der Waals surface area (Å²) in [4.78, 5) is 22.9. The maximum absolute atomic E-state index is 13.4. The minimum absolute atomic E-state index is 0.129. The lowest BCUT2D eigenvalue weighted by Crippen LogP contribution is -2.44. The van der Waals surface area contributed by atoms with Crippen LogP contribution in [0.1, 0.15) is 12.8 Å². The van der Waals surface area contributed by atoms with Crippen LogP contribution in [0.2, 0.25) is 0 Å². The quantitative estimate of drug-likeness (QED) is 0.572. The van der Waals surface area contributed by atoms with Gasteiger partial charge in [0.1, 0.15) is 12.2 Å². The molecule has 0 amide bonds. The largest absolute Gasteiger partial charge is 0.458 e. The van der Waals surface area contributed by atoms with Crippen LogP contribution in [0.5, 0.6) is 0 Å². The summed E-state index contributed by atoms with van der Waals surface area (Å²) in [5, 5.41) is 0. The topological polar surface area (TPSA) is 107 Å². The number of carbonyl (C=O) groups excluding carboxylic acids is 2. The second-order valence-corrected chi connectivity index (χ2v) is 7.16. The van der Waals surface area contributed by atoms with Gasteiger partial charge in [-0.25, -0.2) is 4.79 Å². The zero-order chi connectivity index (χ0) is 15.6. The molecule has 1 N–H and O–H groups in total. The van der Waals surface area contributed by atoms with Crippen LogP contribution < -0.4 is 0 Å². The number of rotatable bonds is 4. The third-order valence-corrected chi connectivity index (χ3v) is 5.05. The first-order valence-electron chi connectivity index (χ1n) is 6.33. The lowest BCUT2D eigenvalue weighted by Gasteiger charge is -2.26. The highest BCUT2D eigenvalue weighted by molar-refractivity contribution is 7.85. The van der Waals surface area contributed by atoms with Crippen molar-refractivity contribution in [2.75, 3.05) is 5.75 Å². The van der Waals surface area contributed by atoms with Crippen molar-refractivity contribution in [1.29, 1.82) is 0 Å². The standard InChI is InChI=1S/C11H12F2O7S/c12-11(13,3-21(16,17)18)10(15)20-7-4-1-5-6(2-4)9(14)19-8(5)7/h4-8H,1-3H2,(H,16,17,18). The molecule has 3 fully saturated rings. The van der Waals surface area contributed by atoms with Crippen LogP contribution >= 0.6 is 0 Å². The molecule has 2 aliphatic carbocycles. The predicted octanol–water partition coefficient (Wildman–Crippen LogP) is 0.00270. The third-order valence-electron chi connectivity index (χ3n) is 4.32. The van der Waals surface area contributed by atoms with E-state index in [1.807, 2.05) is 0 Å². The Hall–Kier alpha value is -1.29. The fourth-order valence-electron chi connectivity index (χ4n) is 3.56. The van der Waals surface area contributed by atoms with Gasteiger partial charge < -0.3 is 9.47 Å². The summed E-state index contributed by atoms with van der Waals surface area (Å²) in [6, 6.07) is 0. The molecule has 5 atom stereocenters. The molecular weight excluding hydrogens is 314 g/mol. The molecule has 3 aliphatic rings. The Morgan fingerprint density at radius 1 is 1.43 bits per heavy atom. The number of alkyl halides is 2. The van der Waals surface area contributed by atoms with Crippen LogP contribution in [0.15, 0.2) is 0 Å². The Morgan fingerprint density at radius 2 is 2.10 bits per heavy atom. The molecule has 0 radical (unpaired) electrons. The Bertz CT molecular complexity index is 602. The van der Waals surface area contributed by atoms with E-state index in [0.717, 1.165) is 0 Å². The van der Waals surface area contributed by atoms with E-state index in [9.17, 15) is 26.8 Å². The summed E-state index contributed by atoms with van der Waals surface area (Å²) in [5.41, 5.74) is 0. The Labute approximate surface area is 118 Å². The summed E-state index contributed by atoms with van der Waals surface area (Å²) >= 11 is 0. The van der Waals surface area contributed by atoms with E-state index in [-0.39, 0.29) is 17.8 Å². The van der Waals surface area contributed by atoms with Gasteiger partial charge in [0.25, 0.3) is 10.1 Å². The summed E-state index contributed by atoms with van der Waals surface area (Å²) in [6.45, 7) is 0. The molecule has 0 spiro atoms. The van der Waals surface area contributed by atoms with Crippen molar-refractivity contribution in [2.24, 2.45) is 17.8 Å². The van der Waals surface area contributed by atoms with E-state index in [1.165, 1.54) is 0 Å². The second-order valence-electron chi connectivity index (χ2n) is 5.70. The van der Waals surface area contributed by atoms with Gasteiger partial charge in [-0.05, 0) is 12.8 Å². The number of fused-ring (bicyclic) bond motifs is 1. The fraction of sp³-hybridized carbons (Fsp3) is 0.818. The monoisotopic (exact) mass is 326 g/mol. The maximum atomic E-state index is 13.4. The van der Waals surface area contributed by atoms with Gasteiger partial charge in [-0.1, -0.05) is 0 Å². The molecule has 3 rings (SSSR count). The Balaban J connectivity index is 1.70. The molecule has 0 aromatic carbocycles.